The van der Waals surface area contributed by atoms with E-state index in [4.69, 9.17) is 11.6 Å². The van der Waals surface area contributed by atoms with Crippen molar-refractivity contribution in [3.63, 3.8) is 0 Å². The molecule has 0 N–H and O–H groups in total. The summed E-state index contributed by atoms with van der Waals surface area (Å²) in [5.74, 6) is 0.676. The van der Waals surface area contributed by atoms with Crippen molar-refractivity contribution in [2.45, 2.75) is 13.8 Å². The molecule has 19 heavy (non-hydrogen) atoms. The second-order valence-electron chi connectivity index (χ2n) is 4.68. The van der Waals surface area contributed by atoms with Gasteiger partial charge in [0.15, 0.2) is 5.82 Å². The van der Waals surface area contributed by atoms with Gasteiger partial charge in [-0.2, -0.15) is 0 Å². The van der Waals surface area contributed by atoms with E-state index < -0.39 is 0 Å². The van der Waals surface area contributed by atoms with Gasteiger partial charge in [-0.3, -0.25) is 0 Å². The first kappa shape index (κ1) is 12.1. The predicted molar refractivity (Wildman–Crippen MR) is 79.5 cm³/mol. The third kappa shape index (κ3) is 2.20. The van der Waals surface area contributed by atoms with Crippen LogP contribution >= 0.6 is 11.6 Å². The molecule has 0 bridgehead atoms. The van der Waals surface area contributed by atoms with Crippen molar-refractivity contribution in [1.29, 1.82) is 0 Å². The number of halogens is 1. The highest BCUT2D eigenvalue weighted by Crippen LogP contribution is 2.26. The third-order valence-electron chi connectivity index (χ3n) is 3.16. The summed E-state index contributed by atoms with van der Waals surface area (Å²) in [5.41, 5.74) is 4.20. The number of fused-ring (bicyclic) bond motifs is 1. The zero-order chi connectivity index (χ0) is 13.4. The molecule has 3 heteroatoms. The van der Waals surface area contributed by atoms with Crippen LogP contribution in [0.4, 0.5) is 0 Å². The second-order valence-corrected chi connectivity index (χ2v) is 5.04. The van der Waals surface area contributed by atoms with Crippen LogP contribution in [0.1, 0.15) is 11.1 Å². The molecule has 3 rings (SSSR count). The standard InChI is InChI=1S/C16H13ClN2/c1-10-5-3-7-12(9-10)16-18-14-11(2)6-4-8-13(14)15(17)19-16/h3-9H,1-2H3. The quantitative estimate of drug-likeness (QED) is 0.604. The smallest absolute Gasteiger partial charge is 0.161 e. The van der Waals surface area contributed by atoms with Gasteiger partial charge in [0, 0.05) is 10.9 Å². The zero-order valence-corrected chi connectivity index (χ0v) is 11.6. The van der Waals surface area contributed by atoms with Crippen molar-refractivity contribution in [2.24, 2.45) is 0 Å². The maximum atomic E-state index is 6.27. The summed E-state index contributed by atoms with van der Waals surface area (Å²) < 4.78 is 0. The average Bonchev–Trinajstić information content (AvgIpc) is 2.40. The summed E-state index contributed by atoms with van der Waals surface area (Å²) in [6, 6.07) is 14.1. The molecule has 0 radical (unpaired) electrons. The first-order valence-corrected chi connectivity index (χ1v) is 6.53. The largest absolute Gasteiger partial charge is 0.228 e. The van der Waals surface area contributed by atoms with Crippen LogP contribution in [-0.2, 0) is 0 Å². The number of benzene rings is 2. The highest BCUT2D eigenvalue weighted by molar-refractivity contribution is 6.34. The Labute approximate surface area is 117 Å². The van der Waals surface area contributed by atoms with Gasteiger partial charge in [0.1, 0.15) is 5.15 Å². The summed E-state index contributed by atoms with van der Waals surface area (Å²) in [5, 5.41) is 1.41. The van der Waals surface area contributed by atoms with Crippen LogP contribution in [0.15, 0.2) is 42.5 Å². The fourth-order valence-corrected chi connectivity index (χ4v) is 2.40. The highest BCUT2D eigenvalue weighted by Gasteiger charge is 2.09. The minimum atomic E-state index is 0.505. The molecule has 0 amide bonds. The van der Waals surface area contributed by atoms with Crippen LogP contribution in [0.5, 0.6) is 0 Å². The zero-order valence-electron chi connectivity index (χ0n) is 10.8. The lowest BCUT2D eigenvalue weighted by atomic mass is 10.1. The van der Waals surface area contributed by atoms with Crippen molar-refractivity contribution in [3.05, 3.63) is 58.7 Å². The maximum Gasteiger partial charge on any atom is 0.161 e. The van der Waals surface area contributed by atoms with E-state index in [-0.39, 0.29) is 0 Å². The molecule has 0 saturated carbocycles. The van der Waals surface area contributed by atoms with Gasteiger partial charge in [-0.15, -0.1) is 0 Å². The Morgan fingerprint density at radius 2 is 1.74 bits per heavy atom. The summed E-state index contributed by atoms with van der Waals surface area (Å²) in [4.78, 5) is 9.06. The molecule has 1 aromatic heterocycles. The van der Waals surface area contributed by atoms with Crippen LogP contribution in [0.2, 0.25) is 5.15 Å². The number of aryl methyl sites for hydroxylation is 2. The van der Waals surface area contributed by atoms with E-state index in [1.165, 1.54) is 5.56 Å². The van der Waals surface area contributed by atoms with Crippen molar-refractivity contribution in [1.82, 2.24) is 9.97 Å². The van der Waals surface area contributed by atoms with E-state index in [1.807, 2.05) is 37.3 Å². The number of hydrogen-bond donors (Lipinski definition) is 0. The molecule has 0 aliphatic heterocycles. The van der Waals surface area contributed by atoms with Gasteiger partial charge in [-0.1, -0.05) is 47.5 Å². The first-order valence-electron chi connectivity index (χ1n) is 6.15. The molecule has 94 valence electrons. The van der Waals surface area contributed by atoms with E-state index in [0.717, 1.165) is 22.0 Å². The van der Waals surface area contributed by atoms with Crippen molar-refractivity contribution in [3.8, 4) is 11.4 Å². The molecule has 0 spiro atoms. The fourth-order valence-electron chi connectivity index (χ4n) is 2.17. The molecule has 0 fully saturated rings. The van der Waals surface area contributed by atoms with Crippen molar-refractivity contribution in [2.75, 3.05) is 0 Å². The van der Waals surface area contributed by atoms with E-state index in [0.29, 0.717) is 11.0 Å². The molecule has 0 saturated heterocycles. The Hall–Kier alpha value is -1.93. The normalized spacial score (nSPS) is 10.9. The molecule has 3 aromatic rings. The molecule has 2 aromatic carbocycles. The van der Waals surface area contributed by atoms with Crippen LogP contribution in [0.3, 0.4) is 0 Å². The molecule has 2 nitrogen and oxygen atoms in total. The van der Waals surface area contributed by atoms with E-state index in [9.17, 15) is 0 Å². The molecular formula is C16H13ClN2. The lowest BCUT2D eigenvalue weighted by molar-refractivity contribution is 1.21. The molecule has 0 aliphatic rings. The molecule has 0 atom stereocenters. The minimum Gasteiger partial charge on any atom is -0.228 e. The Morgan fingerprint density at radius 1 is 0.947 bits per heavy atom. The minimum absolute atomic E-state index is 0.505. The Morgan fingerprint density at radius 3 is 2.53 bits per heavy atom. The first-order chi connectivity index (χ1) is 9.15. The van der Waals surface area contributed by atoms with Crippen LogP contribution in [-0.4, -0.2) is 9.97 Å². The van der Waals surface area contributed by atoms with Gasteiger partial charge in [-0.05, 0) is 31.5 Å². The number of aromatic nitrogens is 2. The number of para-hydroxylation sites is 1. The number of rotatable bonds is 1. The SMILES string of the molecule is Cc1cccc(-c2nc(Cl)c3cccc(C)c3n2)c1. The van der Waals surface area contributed by atoms with Gasteiger partial charge in [-0.25, -0.2) is 9.97 Å². The van der Waals surface area contributed by atoms with Crippen molar-refractivity contribution >= 4 is 22.5 Å². The molecular weight excluding hydrogens is 256 g/mol. The van der Waals surface area contributed by atoms with Crippen LogP contribution in [0, 0.1) is 13.8 Å². The lowest BCUT2D eigenvalue weighted by Crippen LogP contribution is -1.93. The van der Waals surface area contributed by atoms with E-state index in [2.05, 4.69) is 29.0 Å². The Bertz CT molecular complexity index is 766. The van der Waals surface area contributed by atoms with E-state index in [1.54, 1.807) is 0 Å². The van der Waals surface area contributed by atoms with Crippen LogP contribution in [0.25, 0.3) is 22.3 Å². The molecule has 0 unspecified atom stereocenters. The summed E-state index contributed by atoms with van der Waals surface area (Å²) in [7, 11) is 0. The van der Waals surface area contributed by atoms with E-state index >= 15 is 0 Å². The number of hydrogen-bond acceptors (Lipinski definition) is 2. The number of nitrogens with zero attached hydrogens (tertiary/aromatic N) is 2. The van der Waals surface area contributed by atoms with Gasteiger partial charge < -0.3 is 0 Å². The second kappa shape index (κ2) is 4.63. The predicted octanol–water partition coefficient (Wildman–Crippen LogP) is 4.57. The topological polar surface area (TPSA) is 25.8 Å². The maximum absolute atomic E-state index is 6.27. The highest BCUT2D eigenvalue weighted by atomic mass is 35.5. The summed E-state index contributed by atoms with van der Waals surface area (Å²) in [6.45, 7) is 4.09. The van der Waals surface area contributed by atoms with Crippen molar-refractivity contribution < 1.29 is 0 Å². The molecule has 0 aliphatic carbocycles. The fraction of sp³-hybridized carbons (Fsp3) is 0.125. The van der Waals surface area contributed by atoms with Gasteiger partial charge >= 0.3 is 0 Å². The Balaban J connectivity index is 2.29. The summed E-state index contributed by atoms with van der Waals surface area (Å²) in [6.07, 6.45) is 0. The molecule has 1 heterocycles. The third-order valence-corrected chi connectivity index (χ3v) is 3.45. The van der Waals surface area contributed by atoms with Crippen LogP contribution < -0.4 is 0 Å². The van der Waals surface area contributed by atoms with Gasteiger partial charge in [0.05, 0.1) is 5.52 Å². The van der Waals surface area contributed by atoms with Gasteiger partial charge in [0.25, 0.3) is 0 Å². The average molecular weight is 269 g/mol. The lowest BCUT2D eigenvalue weighted by Gasteiger charge is -2.07. The van der Waals surface area contributed by atoms with Gasteiger partial charge in [0.2, 0.25) is 0 Å². The summed E-state index contributed by atoms with van der Waals surface area (Å²) >= 11 is 6.27. The Kier molecular flexibility index (Phi) is 2.96. The monoisotopic (exact) mass is 268 g/mol.